The molecule has 88 valence electrons. The fourth-order valence-electron chi connectivity index (χ4n) is 2.56. The van der Waals surface area contributed by atoms with Gasteiger partial charge in [-0.15, -0.1) is 0 Å². The lowest BCUT2D eigenvalue weighted by Gasteiger charge is -2.40. The van der Waals surface area contributed by atoms with Crippen LogP contribution in [0.5, 0.6) is 5.75 Å². The Bertz CT molecular complexity index is 526. The topological polar surface area (TPSA) is 76.7 Å². The number of nitrogens with two attached hydrogens (primary N) is 1. The number of rotatable bonds is 0. The molecule has 1 spiro atoms. The molecule has 3 N–H and O–H groups in total. The number of benzene rings is 1. The highest BCUT2D eigenvalue weighted by molar-refractivity contribution is 6.07. The van der Waals surface area contributed by atoms with Crippen LogP contribution in [0.2, 0.25) is 0 Å². The van der Waals surface area contributed by atoms with E-state index in [-0.39, 0.29) is 11.9 Å². The minimum Gasteiger partial charge on any atom is -0.493 e. The van der Waals surface area contributed by atoms with Gasteiger partial charge in [0.2, 0.25) is 0 Å². The zero-order chi connectivity index (χ0) is 12.0. The van der Waals surface area contributed by atoms with E-state index < -0.39 is 5.54 Å². The fourth-order valence-corrected chi connectivity index (χ4v) is 2.56. The summed E-state index contributed by atoms with van der Waals surface area (Å²) in [6.07, 6.45) is 0. The summed E-state index contributed by atoms with van der Waals surface area (Å²) in [7, 11) is 0. The molecule has 0 bridgehead atoms. The first-order valence-electron chi connectivity index (χ1n) is 5.53. The van der Waals surface area contributed by atoms with Crippen molar-refractivity contribution in [1.29, 1.82) is 0 Å². The van der Waals surface area contributed by atoms with E-state index in [1.807, 2.05) is 31.2 Å². The van der Waals surface area contributed by atoms with Gasteiger partial charge in [0, 0.05) is 11.5 Å². The van der Waals surface area contributed by atoms with E-state index in [0.29, 0.717) is 12.4 Å². The molecule has 2 amide bonds. The number of carbonyl (C=O) groups excluding carboxylic acids is 1. The van der Waals surface area contributed by atoms with Gasteiger partial charge in [-0.1, -0.05) is 25.1 Å². The maximum Gasteiger partial charge on any atom is 0.343 e. The lowest BCUT2D eigenvalue weighted by Crippen LogP contribution is -2.56. The molecule has 1 aromatic rings. The second kappa shape index (κ2) is 3.23. The minimum atomic E-state index is -0.702. The Morgan fingerprint density at radius 1 is 1.53 bits per heavy atom. The standard InChI is InChI=1S/C12H13N3O2/c1-7-6-17-9-5-3-2-4-8(9)12(7)10(13)14-11(16)15-12/h2-5,7H,6H2,1H3,(H3,13,14,15,16). The third-order valence-corrected chi connectivity index (χ3v) is 3.47. The lowest BCUT2D eigenvalue weighted by atomic mass is 9.77. The smallest absolute Gasteiger partial charge is 0.343 e. The number of ether oxygens (including phenoxy) is 1. The molecule has 5 heteroatoms. The van der Waals surface area contributed by atoms with Crippen LogP contribution in [0.4, 0.5) is 4.79 Å². The van der Waals surface area contributed by atoms with Gasteiger partial charge in [0.15, 0.2) is 0 Å². The number of hydrogen-bond acceptors (Lipinski definition) is 3. The van der Waals surface area contributed by atoms with E-state index >= 15 is 0 Å². The highest BCUT2D eigenvalue weighted by atomic mass is 16.5. The summed E-state index contributed by atoms with van der Waals surface area (Å²) < 4.78 is 5.64. The highest BCUT2D eigenvalue weighted by Gasteiger charge is 2.51. The Labute approximate surface area is 98.7 Å². The zero-order valence-corrected chi connectivity index (χ0v) is 9.43. The monoisotopic (exact) mass is 231 g/mol. The highest BCUT2D eigenvalue weighted by Crippen LogP contribution is 2.42. The van der Waals surface area contributed by atoms with Crippen LogP contribution in [0.1, 0.15) is 12.5 Å². The Morgan fingerprint density at radius 2 is 2.29 bits per heavy atom. The van der Waals surface area contributed by atoms with Crippen LogP contribution >= 0.6 is 0 Å². The van der Waals surface area contributed by atoms with Crippen molar-refractivity contribution in [1.82, 2.24) is 5.32 Å². The maximum atomic E-state index is 11.5. The molecule has 17 heavy (non-hydrogen) atoms. The van der Waals surface area contributed by atoms with Gasteiger partial charge in [0.05, 0.1) is 6.61 Å². The van der Waals surface area contributed by atoms with Gasteiger partial charge in [-0.3, -0.25) is 0 Å². The second-order valence-corrected chi connectivity index (χ2v) is 4.44. The van der Waals surface area contributed by atoms with Crippen LogP contribution in [0, 0.1) is 5.92 Å². The quantitative estimate of drug-likeness (QED) is 0.699. The number of hydrogen-bond donors (Lipinski definition) is 2. The van der Waals surface area contributed by atoms with Crippen LogP contribution < -0.4 is 15.8 Å². The third-order valence-electron chi connectivity index (χ3n) is 3.47. The number of carbonyl (C=O) groups is 1. The van der Waals surface area contributed by atoms with Gasteiger partial charge >= 0.3 is 6.03 Å². The molecule has 0 aliphatic carbocycles. The number of para-hydroxylation sites is 1. The summed E-state index contributed by atoms with van der Waals surface area (Å²) in [6.45, 7) is 2.50. The van der Waals surface area contributed by atoms with Crippen molar-refractivity contribution >= 4 is 11.9 Å². The largest absolute Gasteiger partial charge is 0.493 e. The van der Waals surface area contributed by atoms with Crippen molar-refractivity contribution in [2.24, 2.45) is 16.6 Å². The van der Waals surface area contributed by atoms with Crippen LogP contribution in [-0.4, -0.2) is 18.5 Å². The maximum absolute atomic E-state index is 11.5. The van der Waals surface area contributed by atoms with Gasteiger partial charge in [-0.05, 0) is 6.07 Å². The van der Waals surface area contributed by atoms with E-state index in [9.17, 15) is 4.79 Å². The van der Waals surface area contributed by atoms with Gasteiger partial charge < -0.3 is 15.8 Å². The molecule has 2 aliphatic rings. The van der Waals surface area contributed by atoms with Crippen LogP contribution in [0.15, 0.2) is 29.3 Å². The normalized spacial score (nSPS) is 30.5. The summed E-state index contributed by atoms with van der Waals surface area (Å²) in [4.78, 5) is 15.3. The van der Waals surface area contributed by atoms with Crippen molar-refractivity contribution in [3.8, 4) is 5.75 Å². The molecule has 2 aliphatic heterocycles. The first-order chi connectivity index (χ1) is 8.14. The number of nitrogens with zero attached hydrogens (tertiary/aromatic N) is 1. The van der Waals surface area contributed by atoms with E-state index in [1.165, 1.54) is 0 Å². The molecule has 0 radical (unpaired) electrons. The molecule has 5 nitrogen and oxygen atoms in total. The Hall–Kier alpha value is -2.04. The SMILES string of the molecule is CC1COc2ccccc2C12NC(=O)N=C2N. The van der Waals surface area contributed by atoms with Gasteiger partial charge in [-0.2, -0.15) is 4.99 Å². The van der Waals surface area contributed by atoms with Crippen molar-refractivity contribution in [3.05, 3.63) is 29.8 Å². The van der Waals surface area contributed by atoms with Crippen molar-refractivity contribution in [2.45, 2.75) is 12.5 Å². The molecule has 0 saturated carbocycles. The van der Waals surface area contributed by atoms with E-state index in [0.717, 1.165) is 11.3 Å². The molecule has 0 saturated heterocycles. The summed E-state index contributed by atoms with van der Waals surface area (Å²) in [5.74, 6) is 1.13. The first-order valence-corrected chi connectivity index (χ1v) is 5.53. The summed E-state index contributed by atoms with van der Waals surface area (Å²) in [5.41, 5.74) is 6.13. The molecule has 2 heterocycles. The molecule has 0 fully saturated rings. The third kappa shape index (κ3) is 1.19. The van der Waals surface area contributed by atoms with E-state index in [4.69, 9.17) is 10.5 Å². The lowest BCUT2D eigenvalue weighted by molar-refractivity contribution is 0.164. The molecular formula is C12H13N3O2. The predicted molar refractivity (Wildman–Crippen MR) is 62.9 cm³/mol. The number of amides is 2. The minimum absolute atomic E-state index is 0.0487. The summed E-state index contributed by atoms with van der Waals surface area (Å²) >= 11 is 0. The molecule has 3 rings (SSSR count). The Kier molecular flexibility index (Phi) is 1.92. The summed E-state index contributed by atoms with van der Waals surface area (Å²) in [6, 6.07) is 7.21. The summed E-state index contributed by atoms with van der Waals surface area (Å²) in [5, 5.41) is 2.88. The van der Waals surface area contributed by atoms with Crippen molar-refractivity contribution in [3.63, 3.8) is 0 Å². The number of amidine groups is 1. The van der Waals surface area contributed by atoms with Crippen molar-refractivity contribution < 1.29 is 9.53 Å². The molecule has 0 aromatic heterocycles. The van der Waals surface area contributed by atoms with E-state index in [1.54, 1.807) is 0 Å². The van der Waals surface area contributed by atoms with Crippen LogP contribution in [0.3, 0.4) is 0 Å². The average Bonchev–Trinajstić information content (AvgIpc) is 2.61. The molecule has 2 unspecified atom stereocenters. The second-order valence-electron chi connectivity index (χ2n) is 4.44. The van der Waals surface area contributed by atoms with Gasteiger partial charge in [0.25, 0.3) is 0 Å². The Morgan fingerprint density at radius 3 is 3.00 bits per heavy atom. The number of aliphatic imine (C=N–C) groups is 1. The molecule has 2 atom stereocenters. The average molecular weight is 231 g/mol. The number of nitrogens with one attached hydrogen (secondary N) is 1. The van der Waals surface area contributed by atoms with Crippen LogP contribution in [-0.2, 0) is 5.54 Å². The zero-order valence-electron chi connectivity index (χ0n) is 9.43. The number of fused-ring (bicyclic) bond motifs is 2. The molecular weight excluding hydrogens is 218 g/mol. The van der Waals surface area contributed by atoms with Crippen LogP contribution in [0.25, 0.3) is 0 Å². The van der Waals surface area contributed by atoms with Crippen molar-refractivity contribution in [2.75, 3.05) is 6.61 Å². The van der Waals surface area contributed by atoms with Gasteiger partial charge in [-0.25, -0.2) is 4.79 Å². The predicted octanol–water partition coefficient (Wildman–Crippen LogP) is 0.991. The fraction of sp³-hybridized carbons (Fsp3) is 0.333. The van der Waals surface area contributed by atoms with Gasteiger partial charge in [0.1, 0.15) is 17.1 Å². The Balaban J connectivity index is 2.23. The first kappa shape index (κ1) is 10.1. The number of urea groups is 1. The van der Waals surface area contributed by atoms with E-state index in [2.05, 4.69) is 10.3 Å². The molecule has 1 aromatic carbocycles.